The van der Waals surface area contributed by atoms with Crippen LogP contribution in [-0.4, -0.2) is 20.6 Å². The number of halogens is 2. The molecule has 126 valence electrons. The van der Waals surface area contributed by atoms with Gasteiger partial charge in [-0.3, -0.25) is 4.79 Å². The molecule has 2 aromatic rings. The summed E-state index contributed by atoms with van der Waals surface area (Å²) in [5, 5.41) is 1.91. The van der Waals surface area contributed by atoms with Gasteiger partial charge in [0, 0.05) is 11.1 Å². The van der Waals surface area contributed by atoms with E-state index in [4.69, 9.17) is 0 Å². The minimum absolute atomic E-state index is 0.213. The van der Waals surface area contributed by atoms with Crippen molar-refractivity contribution in [2.45, 2.75) is 24.0 Å². The highest BCUT2D eigenvalue weighted by molar-refractivity contribution is 7.86. The molecule has 0 aromatic heterocycles. The number of alkyl halides is 2. The van der Waals surface area contributed by atoms with Crippen LogP contribution in [0.5, 0.6) is 0 Å². The fourth-order valence-corrected chi connectivity index (χ4v) is 3.37. The first-order valence-corrected chi connectivity index (χ1v) is 8.41. The molecule has 8 heteroatoms. The van der Waals surface area contributed by atoms with Crippen LogP contribution in [0.1, 0.15) is 21.5 Å². The van der Waals surface area contributed by atoms with Crippen LogP contribution in [0.2, 0.25) is 0 Å². The van der Waals surface area contributed by atoms with Crippen molar-refractivity contribution in [2.24, 2.45) is 0 Å². The van der Waals surface area contributed by atoms with Crippen molar-refractivity contribution in [3.63, 3.8) is 0 Å². The standard InChI is InChI=1S/C16H13F2NO4S/c1-10-6-8-11(9-7-10)24(21,22)23-15-16(17,18)13-5-3-2-4-12(13)14(20)19-15/h2-9,15H,1H3,(H,19,20). The maximum absolute atomic E-state index is 14.5. The van der Waals surface area contributed by atoms with E-state index in [-0.39, 0.29) is 10.5 Å². The van der Waals surface area contributed by atoms with E-state index in [1.165, 1.54) is 42.5 Å². The molecule has 0 bridgehead atoms. The van der Waals surface area contributed by atoms with Crippen LogP contribution < -0.4 is 5.32 Å². The van der Waals surface area contributed by atoms with E-state index in [1.807, 2.05) is 5.32 Å². The highest BCUT2D eigenvalue weighted by Gasteiger charge is 2.51. The summed E-state index contributed by atoms with van der Waals surface area (Å²) in [4.78, 5) is 11.7. The van der Waals surface area contributed by atoms with Gasteiger partial charge in [0.05, 0.1) is 4.90 Å². The Morgan fingerprint density at radius 1 is 1.08 bits per heavy atom. The fourth-order valence-electron chi connectivity index (χ4n) is 2.37. The van der Waals surface area contributed by atoms with Crippen LogP contribution in [-0.2, 0) is 20.2 Å². The third kappa shape index (κ3) is 2.78. The number of benzene rings is 2. The zero-order valence-corrected chi connectivity index (χ0v) is 13.3. The van der Waals surface area contributed by atoms with Gasteiger partial charge in [-0.1, -0.05) is 35.9 Å². The second-order valence-corrected chi connectivity index (χ2v) is 6.96. The number of amides is 1. The molecule has 0 saturated heterocycles. The first kappa shape index (κ1) is 16.5. The molecule has 0 radical (unpaired) electrons. The van der Waals surface area contributed by atoms with E-state index in [1.54, 1.807) is 6.92 Å². The van der Waals surface area contributed by atoms with Crippen LogP contribution in [0, 0.1) is 6.92 Å². The molecule has 1 aliphatic heterocycles. The Balaban J connectivity index is 1.96. The summed E-state index contributed by atoms with van der Waals surface area (Å²) in [6, 6.07) is 10.6. The average Bonchev–Trinajstić information content (AvgIpc) is 2.53. The van der Waals surface area contributed by atoms with Crippen LogP contribution in [0.3, 0.4) is 0 Å². The molecule has 24 heavy (non-hydrogen) atoms. The third-order valence-corrected chi connectivity index (χ3v) is 4.95. The molecule has 1 unspecified atom stereocenters. The molecule has 3 rings (SSSR count). The maximum atomic E-state index is 14.5. The Hall–Kier alpha value is -2.32. The minimum Gasteiger partial charge on any atom is -0.320 e. The van der Waals surface area contributed by atoms with Crippen molar-refractivity contribution in [1.82, 2.24) is 5.32 Å². The van der Waals surface area contributed by atoms with Gasteiger partial charge in [-0.05, 0) is 25.1 Å². The summed E-state index contributed by atoms with van der Waals surface area (Å²) in [7, 11) is -4.47. The van der Waals surface area contributed by atoms with E-state index in [9.17, 15) is 22.0 Å². The second-order valence-electron chi connectivity index (χ2n) is 5.39. The first-order valence-electron chi connectivity index (χ1n) is 7.00. The monoisotopic (exact) mass is 353 g/mol. The van der Waals surface area contributed by atoms with Crippen molar-refractivity contribution in [3.05, 3.63) is 65.2 Å². The Morgan fingerprint density at radius 2 is 1.71 bits per heavy atom. The number of aryl methyl sites for hydroxylation is 1. The lowest BCUT2D eigenvalue weighted by Gasteiger charge is -2.32. The van der Waals surface area contributed by atoms with E-state index in [0.717, 1.165) is 11.6 Å². The van der Waals surface area contributed by atoms with Gasteiger partial charge in [-0.2, -0.15) is 17.2 Å². The number of hydrogen-bond acceptors (Lipinski definition) is 4. The van der Waals surface area contributed by atoms with Gasteiger partial charge >= 0.3 is 5.92 Å². The van der Waals surface area contributed by atoms with Crippen molar-refractivity contribution >= 4 is 16.0 Å². The second kappa shape index (κ2) is 5.64. The molecule has 1 amide bonds. The molecule has 1 N–H and O–H groups in total. The van der Waals surface area contributed by atoms with Gasteiger partial charge in [-0.25, -0.2) is 4.18 Å². The van der Waals surface area contributed by atoms with Gasteiger partial charge in [-0.15, -0.1) is 0 Å². The van der Waals surface area contributed by atoms with E-state index in [0.29, 0.717) is 0 Å². The van der Waals surface area contributed by atoms with E-state index in [2.05, 4.69) is 4.18 Å². The molecule has 5 nitrogen and oxygen atoms in total. The topological polar surface area (TPSA) is 72.5 Å². The minimum atomic E-state index is -4.47. The molecular formula is C16H13F2NO4S. The van der Waals surface area contributed by atoms with E-state index >= 15 is 0 Å². The van der Waals surface area contributed by atoms with Gasteiger partial charge in [0.15, 0.2) is 0 Å². The van der Waals surface area contributed by atoms with Crippen molar-refractivity contribution in [2.75, 3.05) is 0 Å². The Bertz CT molecular complexity index is 895. The molecule has 2 aromatic carbocycles. The maximum Gasteiger partial charge on any atom is 0.319 e. The smallest absolute Gasteiger partial charge is 0.319 e. The summed E-state index contributed by atoms with van der Waals surface area (Å²) in [6.45, 7) is 1.75. The van der Waals surface area contributed by atoms with Gasteiger partial charge < -0.3 is 5.32 Å². The predicted molar refractivity (Wildman–Crippen MR) is 81.0 cm³/mol. The normalized spacial score (nSPS) is 19.5. The zero-order valence-electron chi connectivity index (χ0n) is 12.5. The van der Waals surface area contributed by atoms with E-state index < -0.39 is 33.7 Å². The van der Waals surface area contributed by atoms with Crippen LogP contribution >= 0.6 is 0 Å². The van der Waals surface area contributed by atoms with Gasteiger partial charge in [0.2, 0.25) is 6.23 Å². The highest BCUT2D eigenvalue weighted by Crippen LogP contribution is 2.38. The molecule has 0 saturated carbocycles. The molecule has 1 atom stereocenters. The highest BCUT2D eigenvalue weighted by atomic mass is 32.2. The number of fused-ring (bicyclic) bond motifs is 1. The summed E-state index contributed by atoms with van der Waals surface area (Å²) in [6.07, 6.45) is -2.31. The van der Waals surface area contributed by atoms with Crippen LogP contribution in [0.25, 0.3) is 0 Å². The molecule has 0 spiro atoms. The van der Waals surface area contributed by atoms with Gasteiger partial charge in [0.1, 0.15) is 0 Å². The molecule has 1 heterocycles. The van der Waals surface area contributed by atoms with Gasteiger partial charge in [0.25, 0.3) is 16.0 Å². The molecule has 0 fully saturated rings. The lowest BCUT2D eigenvalue weighted by molar-refractivity contribution is -0.114. The number of carbonyl (C=O) groups excluding carboxylic acids is 1. The Labute approximate surface area is 137 Å². The summed E-state index contributed by atoms with van der Waals surface area (Å²) in [5.74, 6) is -4.51. The number of rotatable bonds is 3. The van der Waals surface area contributed by atoms with Crippen LogP contribution in [0.4, 0.5) is 8.78 Å². The largest absolute Gasteiger partial charge is 0.320 e. The Kier molecular flexibility index (Phi) is 3.89. The zero-order chi connectivity index (χ0) is 17.5. The van der Waals surface area contributed by atoms with Crippen molar-refractivity contribution in [1.29, 1.82) is 0 Å². The summed E-state index contributed by atoms with van der Waals surface area (Å²) < 4.78 is 58.1. The average molecular weight is 353 g/mol. The third-order valence-electron chi connectivity index (χ3n) is 3.65. The summed E-state index contributed by atoms with van der Waals surface area (Å²) in [5.41, 5.74) is 0.0205. The first-order chi connectivity index (χ1) is 11.2. The van der Waals surface area contributed by atoms with Crippen molar-refractivity contribution in [3.8, 4) is 0 Å². The fraction of sp³-hybridized carbons (Fsp3) is 0.188. The van der Waals surface area contributed by atoms with Crippen LogP contribution in [0.15, 0.2) is 53.4 Å². The lowest BCUT2D eigenvalue weighted by Crippen LogP contribution is -2.53. The number of hydrogen-bond donors (Lipinski definition) is 1. The lowest BCUT2D eigenvalue weighted by atomic mass is 9.96. The molecule has 0 aliphatic carbocycles. The number of nitrogens with one attached hydrogen (secondary N) is 1. The molecular weight excluding hydrogens is 340 g/mol. The SMILES string of the molecule is Cc1ccc(S(=O)(=O)OC2NC(=O)c3ccccc3C2(F)F)cc1. The quantitative estimate of drug-likeness (QED) is 0.861. The molecule has 1 aliphatic rings. The Morgan fingerprint density at radius 3 is 2.38 bits per heavy atom. The predicted octanol–water partition coefficient (Wildman–Crippen LogP) is 2.56. The van der Waals surface area contributed by atoms with Crippen molar-refractivity contribution < 1.29 is 26.2 Å². The summed E-state index contributed by atoms with van der Waals surface area (Å²) >= 11 is 0. The number of carbonyl (C=O) groups is 1.